The van der Waals surface area contributed by atoms with Crippen LogP contribution in [0.25, 0.3) is 0 Å². The Bertz CT molecular complexity index is 281. The van der Waals surface area contributed by atoms with Crippen molar-refractivity contribution >= 4 is 5.97 Å². The number of hydrogen-bond acceptors (Lipinski definition) is 3. The van der Waals surface area contributed by atoms with Gasteiger partial charge in [0.2, 0.25) is 0 Å². The minimum Gasteiger partial charge on any atom is -0.481 e. The standard InChI is InChI=1S/C13H24N2O2/c1-14(2)5-6-15-9-10-3-4-12(15)7-11(10)8-13(16)17/h10-12H,3-9H2,1-2H3,(H,16,17). The van der Waals surface area contributed by atoms with Crippen molar-refractivity contribution in [1.82, 2.24) is 9.80 Å². The third-order valence-corrected chi connectivity index (χ3v) is 4.37. The summed E-state index contributed by atoms with van der Waals surface area (Å²) < 4.78 is 0. The number of carboxylic acid groups (broad SMARTS) is 1. The van der Waals surface area contributed by atoms with Crippen molar-refractivity contribution in [3.05, 3.63) is 0 Å². The van der Waals surface area contributed by atoms with Crippen LogP contribution in [-0.4, -0.2) is 60.6 Å². The Labute approximate surface area is 104 Å². The molecule has 3 atom stereocenters. The first-order valence-corrected chi connectivity index (χ1v) is 6.67. The summed E-state index contributed by atoms with van der Waals surface area (Å²) in [5.74, 6) is 0.433. The van der Waals surface area contributed by atoms with E-state index in [2.05, 4.69) is 23.9 Å². The molecule has 4 nitrogen and oxygen atoms in total. The third kappa shape index (κ3) is 3.19. The molecule has 2 heterocycles. The predicted molar refractivity (Wildman–Crippen MR) is 67.0 cm³/mol. The minimum absolute atomic E-state index is 0.378. The number of hydrogen-bond donors (Lipinski definition) is 1. The molecule has 3 aliphatic rings. The van der Waals surface area contributed by atoms with E-state index in [0.717, 1.165) is 26.1 Å². The maximum Gasteiger partial charge on any atom is 0.303 e. The maximum atomic E-state index is 10.8. The van der Waals surface area contributed by atoms with Gasteiger partial charge in [0.15, 0.2) is 0 Å². The first-order valence-electron chi connectivity index (χ1n) is 6.67. The lowest BCUT2D eigenvalue weighted by Gasteiger charge is -2.49. The summed E-state index contributed by atoms with van der Waals surface area (Å²) in [6.45, 7) is 3.36. The molecule has 0 aromatic carbocycles. The molecular weight excluding hydrogens is 216 g/mol. The lowest BCUT2D eigenvalue weighted by molar-refractivity contribution is -0.140. The zero-order valence-corrected chi connectivity index (χ0v) is 10.9. The molecule has 0 aromatic rings. The fraction of sp³-hybridized carbons (Fsp3) is 0.923. The van der Waals surface area contributed by atoms with Gasteiger partial charge in [-0.05, 0) is 45.2 Å². The molecule has 3 rings (SSSR count). The number of likely N-dealkylation sites (N-methyl/N-ethyl adjacent to an activating group) is 1. The maximum absolute atomic E-state index is 10.8. The fourth-order valence-corrected chi connectivity index (χ4v) is 3.40. The molecule has 4 heteroatoms. The Morgan fingerprint density at radius 1 is 1.41 bits per heavy atom. The minimum atomic E-state index is -0.623. The molecule has 0 radical (unpaired) electrons. The molecule has 2 saturated heterocycles. The van der Waals surface area contributed by atoms with Gasteiger partial charge in [-0.25, -0.2) is 0 Å². The summed E-state index contributed by atoms with van der Waals surface area (Å²) in [7, 11) is 4.21. The average molecular weight is 240 g/mol. The van der Waals surface area contributed by atoms with Crippen molar-refractivity contribution in [3.8, 4) is 0 Å². The molecule has 1 aliphatic carbocycles. The molecule has 2 aliphatic heterocycles. The van der Waals surface area contributed by atoms with Gasteiger partial charge in [-0.2, -0.15) is 0 Å². The van der Waals surface area contributed by atoms with Crippen molar-refractivity contribution in [1.29, 1.82) is 0 Å². The summed E-state index contributed by atoms with van der Waals surface area (Å²) in [6, 6.07) is 0.643. The van der Waals surface area contributed by atoms with Gasteiger partial charge in [0.25, 0.3) is 0 Å². The summed E-state index contributed by atoms with van der Waals surface area (Å²) in [4.78, 5) is 15.6. The fourth-order valence-electron chi connectivity index (χ4n) is 3.40. The summed E-state index contributed by atoms with van der Waals surface area (Å²) in [5, 5.41) is 8.92. The summed E-state index contributed by atoms with van der Waals surface area (Å²) >= 11 is 0. The Balaban J connectivity index is 1.86. The van der Waals surface area contributed by atoms with Crippen LogP contribution in [0.3, 0.4) is 0 Å². The van der Waals surface area contributed by atoms with Crippen LogP contribution < -0.4 is 0 Å². The Kier molecular flexibility index (Phi) is 4.05. The van der Waals surface area contributed by atoms with Gasteiger partial charge in [-0.15, -0.1) is 0 Å². The Morgan fingerprint density at radius 2 is 2.18 bits per heavy atom. The number of aliphatic carboxylic acids is 1. The zero-order valence-electron chi connectivity index (χ0n) is 10.9. The Morgan fingerprint density at radius 3 is 2.71 bits per heavy atom. The van der Waals surface area contributed by atoms with E-state index in [1.807, 2.05) is 0 Å². The predicted octanol–water partition coefficient (Wildman–Crippen LogP) is 1.12. The average Bonchev–Trinajstić information content (AvgIpc) is 2.26. The van der Waals surface area contributed by atoms with Crippen molar-refractivity contribution in [2.75, 3.05) is 33.7 Å². The molecule has 0 aromatic heterocycles. The second kappa shape index (κ2) is 5.36. The number of fused-ring (bicyclic) bond motifs is 3. The SMILES string of the molecule is CN(C)CCN1CC2CCC1CC2CC(=O)O. The second-order valence-electron chi connectivity index (χ2n) is 5.88. The molecule has 98 valence electrons. The molecule has 0 spiro atoms. The molecule has 0 amide bonds. The van der Waals surface area contributed by atoms with Crippen LogP contribution >= 0.6 is 0 Å². The van der Waals surface area contributed by atoms with Crippen molar-refractivity contribution in [2.24, 2.45) is 11.8 Å². The van der Waals surface area contributed by atoms with E-state index in [0.29, 0.717) is 24.3 Å². The highest BCUT2D eigenvalue weighted by molar-refractivity contribution is 5.67. The van der Waals surface area contributed by atoms with E-state index < -0.39 is 5.97 Å². The van der Waals surface area contributed by atoms with Crippen LogP contribution in [0.15, 0.2) is 0 Å². The van der Waals surface area contributed by atoms with Gasteiger partial charge in [-0.3, -0.25) is 9.69 Å². The lowest BCUT2D eigenvalue weighted by Crippen LogP contribution is -2.53. The number of rotatable bonds is 5. The summed E-state index contributed by atoms with van der Waals surface area (Å²) in [6.07, 6.45) is 3.99. The number of carbonyl (C=O) groups is 1. The van der Waals surface area contributed by atoms with Gasteiger partial charge in [0, 0.05) is 32.1 Å². The number of nitrogens with zero attached hydrogens (tertiary/aromatic N) is 2. The Hall–Kier alpha value is -0.610. The zero-order chi connectivity index (χ0) is 12.4. The topological polar surface area (TPSA) is 43.8 Å². The van der Waals surface area contributed by atoms with Crippen molar-refractivity contribution in [3.63, 3.8) is 0 Å². The second-order valence-corrected chi connectivity index (χ2v) is 5.88. The van der Waals surface area contributed by atoms with Crippen molar-refractivity contribution < 1.29 is 9.90 Å². The molecule has 3 fully saturated rings. The van der Waals surface area contributed by atoms with Gasteiger partial charge in [-0.1, -0.05) is 0 Å². The van der Waals surface area contributed by atoms with E-state index in [1.165, 1.54) is 12.8 Å². The van der Waals surface area contributed by atoms with Gasteiger partial charge < -0.3 is 10.0 Å². The smallest absolute Gasteiger partial charge is 0.303 e. The van der Waals surface area contributed by atoms with E-state index in [1.54, 1.807) is 0 Å². The van der Waals surface area contributed by atoms with Gasteiger partial charge >= 0.3 is 5.97 Å². The van der Waals surface area contributed by atoms with E-state index in [-0.39, 0.29) is 0 Å². The van der Waals surface area contributed by atoms with Gasteiger partial charge in [0.05, 0.1) is 0 Å². The van der Waals surface area contributed by atoms with E-state index in [4.69, 9.17) is 5.11 Å². The normalized spacial score (nSPS) is 33.2. The third-order valence-electron chi connectivity index (χ3n) is 4.37. The van der Waals surface area contributed by atoms with Crippen LogP contribution in [-0.2, 0) is 4.79 Å². The molecule has 3 unspecified atom stereocenters. The van der Waals surface area contributed by atoms with Crippen LogP contribution in [0.2, 0.25) is 0 Å². The molecule has 1 saturated carbocycles. The highest BCUT2D eigenvalue weighted by atomic mass is 16.4. The molecule has 17 heavy (non-hydrogen) atoms. The first-order chi connectivity index (χ1) is 8.06. The van der Waals surface area contributed by atoms with E-state index in [9.17, 15) is 4.79 Å². The largest absolute Gasteiger partial charge is 0.481 e. The van der Waals surface area contributed by atoms with Crippen molar-refractivity contribution in [2.45, 2.75) is 31.7 Å². The molecule has 1 N–H and O–H groups in total. The molecule has 2 bridgehead atoms. The molecular formula is C13H24N2O2. The van der Waals surface area contributed by atoms with E-state index >= 15 is 0 Å². The van der Waals surface area contributed by atoms with Crippen LogP contribution in [0.5, 0.6) is 0 Å². The quantitative estimate of drug-likeness (QED) is 0.782. The van der Waals surface area contributed by atoms with Gasteiger partial charge in [0.1, 0.15) is 0 Å². The summed E-state index contributed by atoms with van der Waals surface area (Å²) in [5.41, 5.74) is 0. The highest BCUT2D eigenvalue weighted by Gasteiger charge is 2.40. The lowest BCUT2D eigenvalue weighted by atomic mass is 9.71. The van der Waals surface area contributed by atoms with Crippen LogP contribution in [0.1, 0.15) is 25.7 Å². The highest BCUT2D eigenvalue weighted by Crippen LogP contribution is 2.40. The number of piperidine rings is 2. The first kappa shape index (κ1) is 12.8. The van der Waals surface area contributed by atoms with Crippen LogP contribution in [0, 0.1) is 11.8 Å². The monoisotopic (exact) mass is 240 g/mol. The number of carboxylic acids is 1. The van der Waals surface area contributed by atoms with Crippen LogP contribution in [0.4, 0.5) is 0 Å².